The standard InChI is InChI=1S/C74H141NO5/c1-3-5-7-9-11-13-15-17-18-19-33-36-39-43-46-50-54-58-62-66-72(77)71(70-76)75-73(78)67-63-59-55-51-47-44-40-37-34-31-29-27-25-23-21-20-22-24-26-28-30-32-35-38-41-45-49-53-57-61-65-69-80-74(79)68-64-60-56-52-48-42-16-14-12-10-8-6-4-2/h8,10,14,16,22,24,71-72,76-77H,3-7,9,11-13,15,17-21,23,25-70H2,1-2H3,(H,75,78)/b10-8-,16-14-,24-22-. The maximum absolute atomic E-state index is 12.5. The Labute approximate surface area is 500 Å². The molecule has 0 aromatic heterocycles. The molecule has 0 aromatic rings. The molecule has 2 atom stereocenters. The zero-order valence-electron chi connectivity index (χ0n) is 54.1. The van der Waals surface area contributed by atoms with Gasteiger partial charge < -0.3 is 20.3 Å². The van der Waals surface area contributed by atoms with Crippen LogP contribution in [0.4, 0.5) is 0 Å². The SMILES string of the molecule is CCC/C=C\C/C=C\CCCCCCCC(=O)OCCCCCCCCCCCCCC/C=C\CCCCCCCCCCCCCCCCCC(=O)NC(CO)C(O)CCCCCCCCCCCCCCCCCCCCC. The second kappa shape index (κ2) is 69.6. The lowest BCUT2D eigenvalue weighted by atomic mass is 10.0. The highest BCUT2D eigenvalue weighted by Gasteiger charge is 2.20. The average molecular weight is 1120 g/mol. The maximum Gasteiger partial charge on any atom is 0.305 e. The van der Waals surface area contributed by atoms with Gasteiger partial charge in [0.05, 0.1) is 25.4 Å². The number of amides is 1. The summed E-state index contributed by atoms with van der Waals surface area (Å²) in [6, 6.07) is -0.541. The van der Waals surface area contributed by atoms with Crippen LogP contribution in [0.5, 0.6) is 0 Å². The van der Waals surface area contributed by atoms with E-state index < -0.39 is 12.1 Å². The summed E-state index contributed by atoms with van der Waals surface area (Å²) < 4.78 is 5.48. The van der Waals surface area contributed by atoms with Gasteiger partial charge in [-0.15, -0.1) is 0 Å². The van der Waals surface area contributed by atoms with Gasteiger partial charge >= 0.3 is 5.97 Å². The van der Waals surface area contributed by atoms with Gasteiger partial charge in [-0.2, -0.15) is 0 Å². The number of aliphatic hydroxyl groups is 2. The molecule has 6 nitrogen and oxygen atoms in total. The molecule has 0 spiro atoms. The molecule has 0 heterocycles. The van der Waals surface area contributed by atoms with Crippen LogP contribution in [0.1, 0.15) is 399 Å². The molecule has 0 bridgehead atoms. The molecule has 0 aliphatic heterocycles. The topological polar surface area (TPSA) is 95.9 Å². The minimum absolute atomic E-state index is 0.00265. The predicted octanol–water partition coefficient (Wildman–Crippen LogP) is 23.5. The van der Waals surface area contributed by atoms with Crippen molar-refractivity contribution in [3.05, 3.63) is 36.5 Å². The van der Waals surface area contributed by atoms with Crippen molar-refractivity contribution in [1.82, 2.24) is 5.32 Å². The van der Waals surface area contributed by atoms with Crippen LogP contribution in [0.2, 0.25) is 0 Å². The van der Waals surface area contributed by atoms with Crippen molar-refractivity contribution in [3.8, 4) is 0 Å². The van der Waals surface area contributed by atoms with Gasteiger partial charge in [-0.1, -0.05) is 346 Å². The van der Waals surface area contributed by atoms with Crippen molar-refractivity contribution in [2.75, 3.05) is 13.2 Å². The number of carbonyl (C=O) groups excluding carboxylic acids is 2. The number of hydrogen-bond acceptors (Lipinski definition) is 5. The van der Waals surface area contributed by atoms with E-state index in [0.29, 0.717) is 25.9 Å². The highest BCUT2D eigenvalue weighted by molar-refractivity contribution is 5.76. The third kappa shape index (κ3) is 65.2. The molecule has 2 unspecified atom stereocenters. The normalized spacial score (nSPS) is 12.7. The Morgan fingerprint density at radius 1 is 0.350 bits per heavy atom. The van der Waals surface area contributed by atoms with E-state index in [1.807, 2.05) is 0 Å². The molecule has 1 amide bonds. The van der Waals surface area contributed by atoms with E-state index in [1.54, 1.807) is 0 Å². The first-order valence-electron chi connectivity index (χ1n) is 36.2. The Morgan fingerprint density at radius 3 is 1.01 bits per heavy atom. The van der Waals surface area contributed by atoms with E-state index in [1.165, 1.54) is 315 Å². The van der Waals surface area contributed by atoms with Gasteiger partial charge in [0.2, 0.25) is 5.91 Å². The number of ether oxygens (including phenoxy) is 1. The third-order valence-electron chi connectivity index (χ3n) is 16.9. The molecule has 6 heteroatoms. The molecule has 0 saturated carbocycles. The number of nitrogens with one attached hydrogen (secondary N) is 1. The zero-order chi connectivity index (χ0) is 57.8. The van der Waals surface area contributed by atoms with E-state index >= 15 is 0 Å². The molecule has 0 aliphatic carbocycles. The van der Waals surface area contributed by atoms with Crippen LogP contribution in [-0.4, -0.2) is 47.4 Å². The number of hydrogen-bond donors (Lipinski definition) is 3. The van der Waals surface area contributed by atoms with Crippen LogP contribution >= 0.6 is 0 Å². The molecule has 0 aliphatic rings. The van der Waals surface area contributed by atoms with Crippen molar-refractivity contribution in [2.45, 2.75) is 411 Å². The summed E-state index contributed by atoms with van der Waals surface area (Å²) in [5, 5.41) is 23.4. The van der Waals surface area contributed by atoms with Crippen molar-refractivity contribution in [2.24, 2.45) is 0 Å². The number of carbonyl (C=O) groups is 2. The van der Waals surface area contributed by atoms with Gasteiger partial charge in [0.1, 0.15) is 0 Å². The van der Waals surface area contributed by atoms with Gasteiger partial charge in [0.25, 0.3) is 0 Å². The fraction of sp³-hybridized carbons (Fsp3) is 0.892. The fourth-order valence-corrected chi connectivity index (χ4v) is 11.4. The van der Waals surface area contributed by atoms with E-state index in [-0.39, 0.29) is 18.5 Å². The van der Waals surface area contributed by atoms with E-state index in [9.17, 15) is 19.8 Å². The highest BCUT2D eigenvalue weighted by Crippen LogP contribution is 2.19. The predicted molar refractivity (Wildman–Crippen MR) is 352 cm³/mol. The lowest BCUT2D eigenvalue weighted by molar-refractivity contribution is -0.143. The van der Waals surface area contributed by atoms with E-state index in [2.05, 4.69) is 55.6 Å². The van der Waals surface area contributed by atoms with Gasteiger partial charge in [-0.05, 0) is 77.0 Å². The van der Waals surface area contributed by atoms with Gasteiger partial charge in [-0.25, -0.2) is 0 Å². The van der Waals surface area contributed by atoms with Crippen LogP contribution in [0.15, 0.2) is 36.5 Å². The quantitative estimate of drug-likeness (QED) is 0.0320. The summed E-state index contributed by atoms with van der Waals surface area (Å²) in [5.41, 5.74) is 0. The zero-order valence-corrected chi connectivity index (χ0v) is 54.1. The summed E-state index contributed by atoms with van der Waals surface area (Å²) >= 11 is 0. The summed E-state index contributed by atoms with van der Waals surface area (Å²) in [7, 11) is 0. The molecule has 0 radical (unpaired) electrons. The minimum atomic E-state index is -0.664. The minimum Gasteiger partial charge on any atom is -0.466 e. The third-order valence-corrected chi connectivity index (χ3v) is 16.9. The summed E-state index contributed by atoms with van der Waals surface area (Å²) in [6.45, 7) is 4.92. The Hall–Kier alpha value is -1.92. The Balaban J connectivity index is 3.37. The summed E-state index contributed by atoms with van der Waals surface area (Å²) in [6.07, 6.45) is 89.2. The van der Waals surface area contributed by atoms with Crippen molar-refractivity contribution >= 4 is 11.9 Å². The highest BCUT2D eigenvalue weighted by atomic mass is 16.5. The van der Waals surface area contributed by atoms with Gasteiger partial charge in [0.15, 0.2) is 0 Å². The van der Waals surface area contributed by atoms with Crippen molar-refractivity contribution in [3.63, 3.8) is 0 Å². The maximum atomic E-state index is 12.5. The number of unbranched alkanes of at least 4 members (excludes halogenated alkanes) is 51. The molecule has 472 valence electrons. The van der Waals surface area contributed by atoms with Crippen LogP contribution in [0, 0.1) is 0 Å². The van der Waals surface area contributed by atoms with Crippen LogP contribution in [-0.2, 0) is 14.3 Å². The Kier molecular flexibility index (Phi) is 67.9. The second-order valence-electron chi connectivity index (χ2n) is 24.9. The first kappa shape index (κ1) is 78.1. The van der Waals surface area contributed by atoms with Crippen molar-refractivity contribution < 1.29 is 24.5 Å². The lowest BCUT2D eigenvalue weighted by Crippen LogP contribution is -2.45. The molecule has 0 aromatic carbocycles. The Bertz CT molecular complexity index is 1300. The molecule has 0 saturated heterocycles. The molecule has 0 rings (SSSR count). The lowest BCUT2D eigenvalue weighted by Gasteiger charge is -2.22. The number of allylic oxidation sites excluding steroid dienone is 6. The van der Waals surface area contributed by atoms with Crippen LogP contribution in [0.3, 0.4) is 0 Å². The molecular weight excluding hydrogens is 983 g/mol. The average Bonchev–Trinajstić information content (AvgIpc) is 3.46. The van der Waals surface area contributed by atoms with E-state index in [4.69, 9.17) is 4.74 Å². The smallest absolute Gasteiger partial charge is 0.305 e. The number of aliphatic hydroxyl groups excluding tert-OH is 2. The molecule has 0 fully saturated rings. The van der Waals surface area contributed by atoms with Crippen LogP contribution in [0.25, 0.3) is 0 Å². The van der Waals surface area contributed by atoms with Crippen molar-refractivity contribution in [1.29, 1.82) is 0 Å². The Morgan fingerprint density at radius 2 is 0.650 bits per heavy atom. The first-order valence-corrected chi connectivity index (χ1v) is 36.2. The fourth-order valence-electron chi connectivity index (χ4n) is 11.4. The molecule has 3 N–H and O–H groups in total. The number of rotatable bonds is 68. The molecular formula is C74H141NO5. The number of esters is 1. The van der Waals surface area contributed by atoms with E-state index in [0.717, 1.165) is 51.4 Å². The largest absolute Gasteiger partial charge is 0.466 e. The van der Waals surface area contributed by atoms with Crippen LogP contribution < -0.4 is 5.32 Å². The summed E-state index contributed by atoms with van der Waals surface area (Å²) in [4.78, 5) is 24.6. The van der Waals surface area contributed by atoms with Gasteiger partial charge in [-0.3, -0.25) is 9.59 Å². The first-order chi connectivity index (χ1) is 39.5. The second-order valence-corrected chi connectivity index (χ2v) is 24.9. The molecule has 80 heavy (non-hydrogen) atoms. The monoisotopic (exact) mass is 1120 g/mol. The van der Waals surface area contributed by atoms with Gasteiger partial charge in [0, 0.05) is 12.8 Å². The summed E-state index contributed by atoms with van der Waals surface area (Å²) in [5.74, 6) is -0.0264.